The lowest BCUT2D eigenvalue weighted by molar-refractivity contribution is -0.136. The summed E-state index contributed by atoms with van der Waals surface area (Å²) in [6, 6.07) is 10.4. The number of hydrogen-bond donors (Lipinski definition) is 2. The average molecular weight is 560 g/mol. The van der Waals surface area contributed by atoms with E-state index in [0.717, 1.165) is 4.90 Å². The second-order valence-corrected chi connectivity index (χ2v) is 11.1. The van der Waals surface area contributed by atoms with Crippen molar-refractivity contribution >= 4 is 35.3 Å². The molecule has 0 unspecified atom stereocenters. The van der Waals surface area contributed by atoms with Crippen LogP contribution in [0, 0.1) is 29.1 Å². The van der Waals surface area contributed by atoms with E-state index < -0.39 is 64.7 Å². The molecule has 4 aliphatic rings. The predicted octanol–water partition coefficient (Wildman–Crippen LogP) is 2.72. The Morgan fingerprint density at radius 2 is 1.71 bits per heavy atom. The number of benzene rings is 2. The zero-order valence-electron chi connectivity index (χ0n) is 22.7. The minimum atomic E-state index is -1.38. The van der Waals surface area contributed by atoms with E-state index >= 15 is 0 Å². The van der Waals surface area contributed by atoms with Gasteiger partial charge in [0.1, 0.15) is 17.2 Å². The summed E-state index contributed by atoms with van der Waals surface area (Å²) in [5.74, 6) is -6.16. The maximum Gasteiger partial charge on any atom is 0.328 e. The van der Waals surface area contributed by atoms with Gasteiger partial charge in [-0.3, -0.25) is 19.2 Å². The maximum atomic E-state index is 14.4. The Labute approximate surface area is 235 Å². The third-order valence-electron chi connectivity index (χ3n) is 9.35. The number of primary amides is 1. The van der Waals surface area contributed by atoms with Crippen LogP contribution in [0.5, 0.6) is 17.2 Å². The number of phenolic OH excluding ortho intramolecular Hbond substituents is 1. The first-order valence-electron chi connectivity index (χ1n) is 13.3. The van der Waals surface area contributed by atoms with E-state index in [1.54, 1.807) is 49.4 Å². The Hall–Kier alpha value is -4.67. The molecule has 0 aromatic heterocycles. The highest BCUT2D eigenvalue weighted by atomic mass is 16.5. The number of hydrogen-bond acceptors (Lipinski definition) is 8. The first kappa shape index (κ1) is 26.5. The fourth-order valence-electron chi connectivity index (χ4n) is 7.53. The molecule has 2 aliphatic carbocycles. The van der Waals surface area contributed by atoms with E-state index in [-0.39, 0.29) is 29.9 Å². The highest BCUT2D eigenvalue weighted by Crippen LogP contribution is 2.65. The predicted molar refractivity (Wildman–Crippen MR) is 144 cm³/mol. The van der Waals surface area contributed by atoms with E-state index in [4.69, 9.17) is 15.2 Å². The number of ether oxygens (including phenoxy) is 2. The van der Waals surface area contributed by atoms with Crippen LogP contribution < -0.4 is 20.1 Å². The number of amides is 6. The number of urea groups is 1. The first-order valence-corrected chi connectivity index (χ1v) is 13.3. The topological polar surface area (TPSA) is 157 Å². The van der Waals surface area contributed by atoms with Crippen LogP contribution in [0.25, 0.3) is 0 Å². The summed E-state index contributed by atoms with van der Waals surface area (Å²) in [6.45, 7) is 1.70. The van der Waals surface area contributed by atoms with Gasteiger partial charge in [-0.1, -0.05) is 29.8 Å². The Bertz CT molecular complexity index is 1550. The largest absolute Gasteiger partial charge is 0.507 e. The molecule has 3 fully saturated rings. The molecule has 0 spiro atoms. The monoisotopic (exact) mass is 559 g/mol. The molecule has 2 aromatic carbocycles. The minimum Gasteiger partial charge on any atom is -0.507 e. The van der Waals surface area contributed by atoms with Crippen LogP contribution in [0.4, 0.5) is 10.5 Å². The number of carbonyl (C=O) groups is 5. The number of rotatable bonds is 4. The summed E-state index contributed by atoms with van der Waals surface area (Å²) in [4.78, 5) is 68.7. The van der Waals surface area contributed by atoms with Gasteiger partial charge in [-0.15, -0.1) is 0 Å². The lowest BCUT2D eigenvalue weighted by Gasteiger charge is -2.49. The number of allylic oxidation sites excluding steroid dienone is 2. The van der Waals surface area contributed by atoms with Gasteiger partial charge in [-0.05, 0) is 37.8 Å². The van der Waals surface area contributed by atoms with Crippen molar-refractivity contribution in [2.45, 2.75) is 25.7 Å². The molecule has 2 heterocycles. The first-order chi connectivity index (χ1) is 19.6. The number of fused-ring (bicyclic) bond motifs is 4. The normalized spacial score (nSPS) is 30.5. The number of imide groups is 4. The summed E-state index contributed by atoms with van der Waals surface area (Å²) in [7, 11) is 2.86. The quantitative estimate of drug-likeness (QED) is 0.428. The van der Waals surface area contributed by atoms with Crippen molar-refractivity contribution in [1.29, 1.82) is 0 Å². The van der Waals surface area contributed by atoms with Gasteiger partial charge in [0.05, 0.1) is 43.1 Å². The third-order valence-corrected chi connectivity index (χ3v) is 9.35. The van der Waals surface area contributed by atoms with Crippen LogP contribution in [0.3, 0.4) is 0 Å². The van der Waals surface area contributed by atoms with Gasteiger partial charge in [0.2, 0.25) is 23.6 Å². The molecule has 11 heteroatoms. The summed E-state index contributed by atoms with van der Waals surface area (Å²) in [6.07, 6.45) is 2.03. The number of phenols is 1. The van der Waals surface area contributed by atoms with Crippen LogP contribution in [0.1, 0.15) is 31.2 Å². The molecule has 2 aliphatic heterocycles. The van der Waals surface area contributed by atoms with Gasteiger partial charge < -0.3 is 20.3 Å². The van der Waals surface area contributed by atoms with E-state index in [1.165, 1.54) is 20.3 Å². The molecule has 6 rings (SSSR count). The number of nitrogens with zero attached hydrogens (tertiary/aromatic N) is 2. The molecule has 11 nitrogen and oxygen atoms in total. The van der Waals surface area contributed by atoms with E-state index in [2.05, 4.69) is 0 Å². The van der Waals surface area contributed by atoms with Crippen molar-refractivity contribution in [2.75, 3.05) is 19.1 Å². The lowest BCUT2D eigenvalue weighted by Crippen LogP contribution is -2.49. The molecular weight excluding hydrogens is 530 g/mol. The zero-order valence-corrected chi connectivity index (χ0v) is 22.7. The maximum absolute atomic E-state index is 14.4. The molecule has 2 aromatic rings. The van der Waals surface area contributed by atoms with Gasteiger partial charge in [-0.2, -0.15) is 4.90 Å². The van der Waals surface area contributed by atoms with Crippen LogP contribution >= 0.6 is 0 Å². The highest BCUT2D eigenvalue weighted by Gasteiger charge is 2.68. The van der Waals surface area contributed by atoms with Gasteiger partial charge in [0.15, 0.2) is 0 Å². The van der Waals surface area contributed by atoms with Crippen molar-refractivity contribution in [3.05, 3.63) is 59.7 Å². The second kappa shape index (κ2) is 9.18. The standard InChI is InChI=1S/C30H29N3O8/c1-30-19(26(36)32(28(30)38)14-7-5-4-6-8-14)13-18-16(9-10-17-22(18)27(37)33(25(17)35)29(31)39)24(30)23-20(34)11-15(40-2)12-21(23)41-3/h4-9,11-12,17-19,22,24,34H,10,13H2,1-3H3,(H2,31,39)/t17-,18+,19-,22-,24+,30+/m0/s1. The number of anilines is 1. The number of aromatic hydroxyl groups is 1. The van der Waals surface area contributed by atoms with E-state index in [1.807, 2.05) is 0 Å². The third kappa shape index (κ3) is 3.47. The fraction of sp³-hybridized carbons (Fsp3) is 0.367. The SMILES string of the molecule is COc1cc(O)c([C@H]2C3=CC[C@@H]4C(=O)N(C(N)=O)C(=O)[C@@H]4[C@@H]3C[C@H]3C(=O)N(c4ccccc4)C(=O)[C@@]23C)c(OC)c1. The van der Waals surface area contributed by atoms with Crippen LogP contribution in [0.2, 0.25) is 0 Å². The van der Waals surface area contributed by atoms with E-state index in [9.17, 15) is 29.1 Å². The minimum absolute atomic E-state index is 0.0960. The summed E-state index contributed by atoms with van der Waals surface area (Å²) in [5.41, 5.74) is 5.33. The number of likely N-dealkylation sites (tertiary alicyclic amines) is 1. The summed E-state index contributed by atoms with van der Waals surface area (Å²) in [5, 5.41) is 11.4. The van der Waals surface area contributed by atoms with Gasteiger partial charge in [-0.25, -0.2) is 9.69 Å². The Morgan fingerprint density at radius 3 is 2.34 bits per heavy atom. The molecule has 6 atom stereocenters. The van der Waals surface area contributed by atoms with Gasteiger partial charge in [0.25, 0.3) is 0 Å². The Kier molecular flexibility index (Phi) is 5.95. The molecule has 6 amide bonds. The summed E-state index contributed by atoms with van der Waals surface area (Å²) < 4.78 is 11.0. The molecular formula is C30H29N3O8. The zero-order chi connectivity index (χ0) is 29.4. The van der Waals surface area contributed by atoms with Gasteiger partial charge in [0, 0.05) is 23.6 Å². The number of methoxy groups -OCH3 is 2. The van der Waals surface area contributed by atoms with E-state index in [0.29, 0.717) is 21.9 Å². The van der Waals surface area contributed by atoms with Crippen LogP contribution in [0.15, 0.2) is 54.1 Å². The van der Waals surface area contributed by atoms with Crippen LogP contribution in [-0.4, -0.2) is 53.9 Å². The van der Waals surface area contributed by atoms with Crippen molar-refractivity contribution < 1.29 is 38.6 Å². The molecule has 0 radical (unpaired) electrons. The van der Waals surface area contributed by atoms with Crippen molar-refractivity contribution in [2.24, 2.45) is 34.8 Å². The molecule has 3 N–H and O–H groups in total. The number of carbonyl (C=O) groups excluding carboxylic acids is 5. The Balaban J connectivity index is 1.58. The molecule has 0 bridgehead atoms. The Morgan fingerprint density at radius 1 is 1.00 bits per heavy atom. The summed E-state index contributed by atoms with van der Waals surface area (Å²) >= 11 is 0. The molecule has 41 heavy (non-hydrogen) atoms. The fourth-order valence-corrected chi connectivity index (χ4v) is 7.53. The number of para-hydroxylation sites is 1. The van der Waals surface area contributed by atoms with Gasteiger partial charge >= 0.3 is 6.03 Å². The lowest BCUT2D eigenvalue weighted by atomic mass is 9.51. The molecule has 212 valence electrons. The highest BCUT2D eigenvalue weighted by molar-refractivity contribution is 6.24. The van der Waals surface area contributed by atoms with Crippen LogP contribution in [-0.2, 0) is 19.2 Å². The molecule has 1 saturated carbocycles. The van der Waals surface area contributed by atoms with Crippen molar-refractivity contribution in [3.8, 4) is 17.2 Å². The second-order valence-electron chi connectivity index (χ2n) is 11.1. The molecule has 2 saturated heterocycles. The van der Waals surface area contributed by atoms with Crippen molar-refractivity contribution in [1.82, 2.24) is 4.90 Å². The smallest absolute Gasteiger partial charge is 0.328 e. The number of nitrogens with two attached hydrogens (primary N) is 1. The van der Waals surface area contributed by atoms with Crippen molar-refractivity contribution in [3.63, 3.8) is 0 Å². The average Bonchev–Trinajstić information content (AvgIpc) is 3.33.